The Labute approximate surface area is 213 Å². The molecule has 6 nitrogen and oxygen atoms in total. The van der Waals surface area contributed by atoms with E-state index in [9.17, 15) is 17.2 Å². The predicted molar refractivity (Wildman–Crippen MR) is 132 cm³/mol. The van der Waals surface area contributed by atoms with Gasteiger partial charge in [0.25, 0.3) is 0 Å². The second-order valence-electron chi connectivity index (χ2n) is 7.64. The van der Waals surface area contributed by atoms with Gasteiger partial charge in [0.1, 0.15) is 22.3 Å². The topological polar surface area (TPSA) is 82.3 Å². The molecule has 3 heterocycles. The predicted octanol–water partition coefficient (Wildman–Crippen LogP) is 7.16. The molecule has 2 aromatic carbocycles. The van der Waals surface area contributed by atoms with Crippen molar-refractivity contribution in [1.82, 2.24) is 9.97 Å². The van der Waals surface area contributed by atoms with Crippen molar-refractivity contribution in [2.75, 3.05) is 0 Å². The number of rotatable bonds is 7. The van der Waals surface area contributed by atoms with Crippen molar-refractivity contribution < 1.29 is 26.4 Å². The molecule has 5 aromatic rings. The third-order valence-corrected chi connectivity index (χ3v) is 7.77. The molecular weight excluding hydrogens is 530 g/mol. The number of pyridine rings is 1. The number of ether oxygens (including phenoxy) is 1. The van der Waals surface area contributed by atoms with Gasteiger partial charge >= 0.3 is 0 Å². The van der Waals surface area contributed by atoms with Gasteiger partial charge in [-0.15, -0.1) is 11.3 Å². The average molecular weight is 545 g/mol. The zero-order valence-corrected chi connectivity index (χ0v) is 20.6. The first-order valence-electron chi connectivity index (χ1n) is 10.4. The maximum absolute atomic E-state index is 15.0. The molecule has 0 amide bonds. The minimum absolute atomic E-state index is 0.105. The fourth-order valence-electron chi connectivity index (χ4n) is 3.50. The number of aromatic nitrogens is 2. The lowest BCUT2D eigenvalue weighted by Crippen LogP contribution is -2.08. The van der Waals surface area contributed by atoms with Crippen molar-refractivity contribution in [3.05, 3.63) is 100 Å². The monoisotopic (exact) mass is 544 g/mol. The van der Waals surface area contributed by atoms with Crippen LogP contribution in [0.2, 0.25) is 5.02 Å². The molecule has 0 saturated carbocycles. The summed E-state index contributed by atoms with van der Waals surface area (Å²) in [6, 6.07) is 11.2. The van der Waals surface area contributed by atoms with Crippen molar-refractivity contribution in [3.63, 3.8) is 0 Å². The smallest absolute Gasteiger partial charge is 0.187 e. The van der Waals surface area contributed by atoms with E-state index in [1.54, 1.807) is 29.6 Å². The molecule has 3 aromatic heterocycles. The standard InChI is InChI=1S/C25H15ClF2N2O4S2/c26-20-8-25(36(31,32)13-18-12-35-14-30-18)21(28)9-23(20)34-24-10-29-22(15-2-1-3-17(27)6-15)7-19(24)16-4-5-33-11-16/h1-12,14H,13H2. The normalized spacial score (nSPS) is 11.5. The van der Waals surface area contributed by atoms with E-state index in [-0.39, 0.29) is 16.5 Å². The average Bonchev–Trinajstić information content (AvgIpc) is 3.56. The summed E-state index contributed by atoms with van der Waals surface area (Å²) in [5.74, 6) is -1.78. The number of sulfone groups is 1. The molecule has 0 spiro atoms. The summed E-state index contributed by atoms with van der Waals surface area (Å²) in [5, 5.41) is 1.47. The number of hydrogen-bond acceptors (Lipinski definition) is 7. The van der Waals surface area contributed by atoms with E-state index in [1.807, 2.05) is 0 Å². The lowest BCUT2D eigenvalue weighted by molar-refractivity contribution is 0.473. The highest BCUT2D eigenvalue weighted by molar-refractivity contribution is 7.90. The van der Waals surface area contributed by atoms with Gasteiger partial charge in [-0.3, -0.25) is 4.98 Å². The second-order valence-corrected chi connectivity index (χ2v) is 10.7. The molecule has 36 heavy (non-hydrogen) atoms. The van der Waals surface area contributed by atoms with Crippen molar-refractivity contribution >= 4 is 32.8 Å². The van der Waals surface area contributed by atoms with Gasteiger partial charge in [0, 0.05) is 28.1 Å². The number of furan rings is 1. The lowest BCUT2D eigenvalue weighted by Gasteiger charge is -2.14. The number of nitrogens with zero attached hydrogens (tertiary/aromatic N) is 2. The number of hydrogen-bond donors (Lipinski definition) is 0. The molecule has 0 aliphatic carbocycles. The molecule has 0 fully saturated rings. The van der Waals surface area contributed by atoms with Crippen LogP contribution in [-0.4, -0.2) is 18.4 Å². The fraction of sp³-hybridized carbons (Fsp3) is 0.0400. The summed E-state index contributed by atoms with van der Waals surface area (Å²) in [5.41, 5.74) is 3.98. The molecule has 0 saturated heterocycles. The van der Waals surface area contributed by atoms with Crippen LogP contribution in [0.3, 0.4) is 0 Å². The van der Waals surface area contributed by atoms with Gasteiger partial charge in [-0.05, 0) is 30.3 Å². The van der Waals surface area contributed by atoms with Gasteiger partial charge in [0.2, 0.25) is 0 Å². The quantitative estimate of drug-likeness (QED) is 0.216. The van der Waals surface area contributed by atoms with Crippen LogP contribution in [0.15, 0.2) is 87.5 Å². The molecule has 0 aliphatic heterocycles. The van der Waals surface area contributed by atoms with Crippen LogP contribution in [-0.2, 0) is 15.6 Å². The van der Waals surface area contributed by atoms with E-state index >= 15 is 0 Å². The van der Waals surface area contributed by atoms with Gasteiger partial charge in [-0.1, -0.05) is 23.7 Å². The summed E-state index contributed by atoms with van der Waals surface area (Å²) in [6.07, 6.45) is 4.34. The maximum atomic E-state index is 15.0. The zero-order chi connectivity index (χ0) is 25.3. The molecule has 5 rings (SSSR count). The molecule has 182 valence electrons. The summed E-state index contributed by atoms with van der Waals surface area (Å²) < 4.78 is 65.2. The van der Waals surface area contributed by atoms with Crippen molar-refractivity contribution in [3.8, 4) is 33.9 Å². The zero-order valence-electron chi connectivity index (χ0n) is 18.2. The molecule has 0 bridgehead atoms. The Morgan fingerprint density at radius 3 is 2.61 bits per heavy atom. The van der Waals surface area contributed by atoms with Crippen LogP contribution in [0.25, 0.3) is 22.4 Å². The number of halogens is 3. The highest BCUT2D eigenvalue weighted by Crippen LogP contribution is 2.39. The first kappa shape index (κ1) is 24.1. The van der Waals surface area contributed by atoms with E-state index < -0.39 is 32.1 Å². The van der Waals surface area contributed by atoms with Gasteiger partial charge in [0.05, 0.1) is 46.4 Å². The molecule has 0 unspecified atom stereocenters. The van der Waals surface area contributed by atoms with Crippen molar-refractivity contribution in [1.29, 1.82) is 0 Å². The van der Waals surface area contributed by atoms with E-state index in [0.717, 1.165) is 12.1 Å². The van der Waals surface area contributed by atoms with E-state index in [0.29, 0.717) is 28.1 Å². The van der Waals surface area contributed by atoms with E-state index in [2.05, 4.69) is 9.97 Å². The lowest BCUT2D eigenvalue weighted by atomic mass is 10.0. The summed E-state index contributed by atoms with van der Waals surface area (Å²) in [4.78, 5) is 7.74. The first-order valence-corrected chi connectivity index (χ1v) is 13.3. The Morgan fingerprint density at radius 2 is 1.89 bits per heavy atom. The van der Waals surface area contributed by atoms with Gasteiger partial charge in [0.15, 0.2) is 15.6 Å². The highest BCUT2D eigenvalue weighted by Gasteiger charge is 2.24. The van der Waals surface area contributed by atoms with Crippen LogP contribution < -0.4 is 4.74 Å². The second kappa shape index (κ2) is 9.81. The molecule has 0 N–H and O–H groups in total. The Kier molecular flexibility index (Phi) is 6.57. The summed E-state index contributed by atoms with van der Waals surface area (Å²) in [6.45, 7) is 0. The van der Waals surface area contributed by atoms with Crippen LogP contribution in [0.5, 0.6) is 11.5 Å². The first-order chi connectivity index (χ1) is 17.3. The van der Waals surface area contributed by atoms with Crippen molar-refractivity contribution in [2.24, 2.45) is 0 Å². The van der Waals surface area contributed by atoms with Crippen LogP contribution in [0, 0.1) is 11.6 Å². The van der Waals surface area contributed by atoms with Gasteiger partial charge in [-0.25, -0.2) is 22.2 Å². The van der Waals surface area contributed by atoms with Gasteiger partial charge in [-0.2, -0.15) is 0 Å². The maximum Gasteiger partial charge on any atom is 0.187 e. The molecule has 11 heteroatoms. The minimum atomic E-state index is -4.04. The molecule has 0 atom stereocenters. The third kappa shape index (κ3) is 5.01. The summed E-state index contributed by atoms with van der Waals surface area (Å²) >= 11 is 7.55. The van der Waals surface area contributed by atoms with Gasteiger partial charge < -0.3 is 9.15 Å². The van der Waals surface area contributed by atoms with E-state index in [1.165, 1.54) is 47.7 Å². The summed E-state index contributed by atoms with van der Waals surface area (Å²) in [7, 11) is -4.04. The minimum Gasteiger partial charge on any atom is -0.472 e. The van der Waals surface area contributed by atoms with Crippen LogP contribution >= 0.6 is 22.9 Å². The Bertz CT molecular complexity index is 1640. The molecule has 0 radical (unpaired) electrons. The Morgan fingerprint density at radius 1 is 1.03 bits per heavy atom. The number of thiazole rings is 1. The van der Waals surface area contributed by atoms with E-state index in [4.69, 9.17) is 20.8 Å². The fourth-order valence-corrected chi connectivity index (χ4v) is 5.79. The largest absolute Gasteiger partial charge is 0.472 e. The van der Waals surface area contributed by atoms with Crippen LogP contribution in [0.1, 0.15) is 5.69 Å². The highest BCUT2D eigenvalue weighted by atomic mass is 35.5. The van der Waals surface area contributed by atoms with Crippen molar-refractivity contribution in [2.45, 2.75) is 10.6 Å². The molecular formula is C25H15ClF2N2O4S2. The SMILES string of the molecule is O=S(=O)(Cc1cscn1)c1cc(Cl)c(Oc2cnc(-c3cccc(F)c3)cc2-c2ccoc2)cc1F. The molecule has 0 aliphatic rings. The Balaban J connectivity index is 1.51. The Hall–Kier alpha value is -3.60. The number of benzene rings is 2. The third-order valence-electron chi connectivity index (χ3n) is 5.18. The van der Waals surface area contributed by atoms with Crippen LogP contribution in [0.4, 0.5) is 8.78 Å².